The second kappa shape index (κ2) is 6.63. The maximum atomic E-state index is 11.2. The van der Waals surface area contributed by atoms with Crippen LogP contribution in [0.1, 0.15) is 52.4 Å². The molecule has 0 aromatic heterocycles. The van der Waals surface area contributed by atoms with E-state index < -0.39 is 11.4 Å². The second-order valence-electron chi connectivity index (χ2n) is 3.87. The van der Waals surface area contributed by atoms with Gasteiger partial charge in [0.15, 0.2) is 0 Å². The fraction of sp³-hybridized carbons (Fsp3) is 0.750. The van der Waals surface area contributed by atoms with Gasteiger partial charge in [0.1, 0.15) is 0 Å². The number of carbonyl (C=O) groups is 1. The van der Waals surface area contributed by atoms with Crippen LogP contribution in [-0.4, -0.2) is 11.1 Å². The second-order valence-corrected chi connectivity index (χ2v) is 3.87. The first-order valence-corrected chi connectivity index (χ1v) is 5.47. The van der Waals surface area contributed by atoms with E-state index in [2.05, 4.69) is 13.5 Å². The molecule has 0 heterocycles. The van der Waals surface area contributed by atoms with Crippen LogP contribution in [-0.2, 0) is 4.79 Å². The lowest BCUT2D eigenvalue weighted by atomic mass is 9.76. The number of aliphatic carboxylic acids is 1. The Hall–Kier alpha value is -0.790. The number of hydrogen-bond donors (Lipinski definition) is 1. The van der Waals surface area contributed by atoms with Gasteiger partial charge >= 0.3 is 5.97 Å². The van der Waals surface area contributed by atoms with Crippen molar-refractivity contribution >= 4 is 5.97 Å². The Morgan fingerprint density at radius 3 is 2.43 bits per heavy atom. The van der Waals surface area contributed by atoms with Crippen molar-refractivity contribution in [3.63, 3.8) is 0 Å². The predicted molar refractivity (Wildman–Crippen MR) is 59.3 cm³/mol. The van der Waals surface area contributed by atoms with E-state index in [1.807, 2.05) is 6.92 Å². The van der Waals surface area contributed by atoms with Crippen LogP contribution in [0.4, 0.5) is 0 Å². The Balaban J connectivity index is 4.42. The van der Waals surface area contributed by atoms with E-state index in [0.717, 1.165) is 38.5 Å². The highest BCUT2D eigenvalue weighted by Crippen LogP contribution is 2.34. The minimum absolute atomic E-state index is 0.510. The Labute approximate surface area is 87.0 Å². The Morgan fingerprint density at radius 1 is 1.43 bits per heavy atom. The standard InChI is InChI=1S/C12H22O2/c1-4-7-9-12(6-3,11(13)14)10-8-5-2/h4H,1,5-10H2,2-3H3,(H,13,14). The van der Waals surface area contributed by atoms with Crippen LogP contribution in [0.15, 0.2) is 12.7 Å². The van der Waals surface area contributed by atoms with Crippen molar-refractivity contribution < 1.29 is 9.90 Å². The van der Waals surface area contributed by atoms with Crippen molar-refractivity contribution in [2.45, 2.75) is 52.4 Å². The van der Waals surface area contributed by atoms with Gasteiger partial charge in [-0.2, -0.15) is 0 Å². The first-order chi connectivity index (χ1) is 6.63. The molecule has 2 heteroatoms. The first-order valence-electron chi connectivity index (χ1n) is 5.47. The van der Waals surface area contributed by atoms with Gasteiger partial charge in [0.2, 0.25) is 0 Å². The van der Waals surface area contributed by atoms with E-state index in [1.165, 1.54) is 0 Å². The van der Waals surface area contributed by atoms with Crippen LogP contribution in [0.3, 0.4) is 0 Å². The summed E-state index contributed by atoms with van der Waals surface area (Å²) in [6.45, 7) is 7.70. The number of carboxylic acids is 1. The van der Waals surface area contributed by atoms with Gasteiger partial charge in [0.25, 0.3) is 0 Å². The summed E-state index contributed by atoms with van der Waals surface area (Å²) in [5.41, 5.74) is -0.510. The molecule has 0 bridgehead atoms. The molecule has 1 atom stereocenters. The smallest absolute Gasteiger partial charge is 0.309 e. The Kier molecular flexibility index (Phi) is 6.26. The highest BCUT2D eigenvalue weighted by Gasteiger charge is 2.34. The lowest BCUT2D eigenvalue weighted by Crippen LogP contribution is -2.30. The van der Waals surface area contributed by atoms with Gasteiger partial charge in [-0.3, -0.25) is 4.79 Å². The number of unbranched alkanes of at least 4 members (excludes halogenated alkanes) is 1. The fourth-order valence-corrected chi connectivity index (χ4v) is 1.74. The van der Waals surface area contributed by atoms with Crippen LogP contribution in [0, 0.1) is 5.41 Å². The molecule has 0 aliphatic heterocycles. The lowest BCUT2D eigenvalue weighted by Gasteiger charge is -2.27. The molecule has 0 rings (SSSR count). The maximum Gasteiger partial charge on any atom is 0.309 e. The molecule has 0 radical (unpaired) electrons. The average molecular weight is 198 g/mol. The summed E-state index contributed by atoms with van der Waals surface area (Å²) < 4.78 is 0. The molecule has 0 aromatic rings. The molecule has 14 heavy (non-hydrogen) atoms. The molecule has 0 fully saturated rings. The number of hydrogen-bond acceptors (Lipinski definition) is 1. The third-order valence-electron chi connectivity index (χ3n) is 2.97. The first kappa shape index (κ1) is 13.2. The molecule has 0 aliphatic rings. The summed E-state index contributed by atoms with van der Waals surface area (Å²) in [6, 6.07) is 0. The maximum absolute atomic E-state index is 11.2. The topological polar surface area (TPSA) is 37.3 Å². The van der Waals surface area contributed by atoms with Crippen LogP contribution < -0.4 is 0 Å². The van der Waals surface area contributed by atoms with Crippen LogP contribution in [0.2, 0.25) is 0 Å². The van der Waals surface area contributed by atoms with Gasteiger partial charge in [-0.25, -0.2) is 0 Å². The summed E-state index contributed by atoms with van der Waals surface area (Å²) in [5.74, 6) is -0.643. The summed E-state index contributed by atoms with van der Waals surface area (Å²) in [4.78, 5) is 11.2. The summed E-state index contributed by atoms with van der Waals surface area (Å²) >= 11 is 0. The molecule has 0 aliphatic carbocycles. The van der Waals surface area contributed by atoms with Crippen molar-refractivity contribution in [1.82, 2.24) is 0 Å². The normalized spacial score (nSPS) is 14.7. The highest BCUT2D eigenvalue weighted by molar-refractivity contribution is 5.74. The fourth-order valence-electron chi connectivity index (χ4n) is 1.74. The van der Waals surface area contributed by atoms with E-state index in [0.29, 0.717) is 0 Å². The zero-order valence-electron chi connectivity index (χ0n) is 9.38. The Morgan fingerprint density at radius 2 is 2.07 bits per heavy atom. The van der Waals surface area contributed by atoms with Gasteiger partial charge in [0.05, 0.1) is 5.41 Å². The van der Waals surface area contributed by atoms with E-state index in [9.17, 15) is 9.90 Å². The van der Waals surface area contributed by atoms with Crippen LogP contribution in [0.25, 0.3) is 0 Å². The number of allylic oxidation sites excluding steroid dienone is 1. The van der Waals surface area contributed by atoms with Gasteiger partial charge in [-0.15, -0.1) is 6.58 Å². The van der Waals surface area contributed by atoms with E-state index in [-0.39, 0.29) is 0 Å². The summed E-state index contributed by atoms with van der Waals surface area (Å²) in [5, 5.41) is 9.24. The van der Waals surface area contributed by atoms with E-state index in [4.69, 9.17) is 0 Å². The van der Waals surface area contributed by atoms with Crippen molar-refractivity contribution in [1.29, 1.82) is 0 Å². The average Bonchev–Trinajstić information content (AvgIpc) is 2.18. The number of rotatable bonds is 8. The minimum atomic E-state index is -0.643. The molecule has 0 spiro atoms. The molecular formula is C12H22O2. The molecule has 0 aromatic carbocycles. The molecule has 1 unspecified atom stereocenters. The molecule has 0 saturated carbocycles. The van der Waals surface area contributed by atoms with Crippen molar-refractivity contribution in [3.05, 3.63) is 12.7 Å². The molecule has 1 N–H and O–H groups in total. The SMILES string of the molecule is C=CCCC(CC)(CCCC)C(=O)O. The highest BCUT2D eigenvalue weighted by atomic mass is 16.4. The summed E-state index contributed by atoms with van der Waals surface area (Å²) in [7, 11) is 0. The monoisotopic (exact) mass is 198 g/mol. The van der Waals surface area contributed by atoms with Gasteiger partial charge < -0.3 is 5.11 Å². The lowest BCUT2D eigenvalue weighted by molar-refractivity contribution is -0.150. The van der Waals surface area contributed by atoms with Crippen molar-refractivity contribution in [2.75, 3.05) is 0 Å². The van der Waals surface area contributed by atoms with Gasteiger partial charge in [-0.1, -0.05) is 32.8 Å². The van der Waals surface area contributed by atoms with Gasteiger partial charge in [-0.05, 0) is 25.7 Å². The third-order valence-corrected chi connectivity index (χ3v) is 2.97. The minimum Gasteiger partial charge on any atom is -0.481 e. The molecular weight excluding hydrogens is 176 g/mol. The van der Waals surface area contributed by atoms with Crippen molar-refractivity contribution in [3.8, 4) is 0 Å². The quantitative estimate of drug-likeness (QED) is 0.605. The molecule has 2 nitrogen and oxygen atoms in total. The van der Waals surface area contributed by atoms with Crippen LogP contribution >= 0.6 is 0 Å². The number of carboxylic acid groups (broad SMARTS) is 1. The van der Waals surface area contributed by atoms with Crippen molar-refractivity contribution in [2.24, 2.45) is 5.41 Å². The van der Waals surface area contributed by atoms with Gasteiger partial charge in [0, 0.05) is 0 Å². The summed E-state index contributed by atoms with van der Waals surface area (Å²) in [6.07, 6.45) is 6.89. The predicted octanol–water partition coefficient (Wildman–Crippen LogP) is 3.62. The zero-order chi connectivity index (χ0) is 11.0. The van der Waals surface area contributed by atoms with E-state index in [1.54, 1.807) is 6.08 Å². The zero-order valence-corrected chi connectivity index (χ0v) is 9.38. The largest absolute Gasteiger partial charge is 0.481 e. The van der Waals surface area contributed by atoms with E-state index >= 15 is 0 Å². The third kappa shape index (κ3) is 3.52. The molecule has 82 valence electrons. The molecule has 0 saturated heterocycles. The Bertz CT molecular complexity index is 187. The van der Waals surface area contributed by atoms with Crippen LogP contribution in [0.5, 0.6) is 0 Å². The molecule has 0 amide bonds.